The maximum Gasteiger partial charge on any atom is 0.337 e. The maximum atomic E-state index is 12.4. The van der Waals surface area contributed by atoms with Gasteiger partial charge in [0.05, 0.1) is 16.3 Å². The first-order valence-corrected chi connectivity index (χ1v) is 9.43. The van der Waals surface area contributed by atoms with Gasteiger partial charge in [0.15, 0.2) is 0 Å². The van der Waals surface area contributed by atoms with E-state index in [4.69, 9.17) is 0 Å². The molecular formula is C20H22N4O7. The Balaban J connectivity index is 2.12. The predicted molar refractivity (Wildman–Crippen MR) is 113 cm³/mol. The summed E-state index contributed by atoms with van der Waals surface area (Å²) >= 11 is 0. The number of fused-ring (bicyclic) bond motifs is 2. The van der Waals surface area contributed by atoms with Gasteiger partial charge in [-0.1, -0.05) is 0 Å². The molecule has 11 nitrogen and oxygen atoms in total. The van der Waals surface area contributed by atoms with Gasteiger partial charge in [0, 0.05) is 25.4 Å². The molecule has 2 atom stereocenters. The van der Waals surface area contributed by atoms with Crippen LogP contribution in [-0.4, -0.2) is 66.8 Å². The first-order valence-electron chi connectivity index (χ1n) is 9.43. The Kier molecular flexibility index (Phi) is 6.20. The molecule has 0 bridgehead atoms. The fraction of sp³-hybridized carbons (Fsp3) is 0.300. The van der Waals surface area contributed by atoms with Crippen LogP contribution in [0.1, 0.15) is 24.2 Å². The van der Waals surface area contributed by atoms with E-state index in [1.807, 2.05) is 0 Å². The molecule has 6 N–H and O–H groups in total. The molecule has 0 saturated carbocycles. The van der Waals surface area contributed by atoms with Crippen molar-refractivity contribution in [3.05, 3.63) is 49.4 Å². The number of aliphatic hydroxyl groups is 2. The molecule has 0 aliphatic carbocycles. The largest absolute Gasteiger partial charge is 0.507 e. The highest BCUT2D eigenvalue weighted by Gasteiger charge is 2.17. The molecule has 1 heterocycles. The van der Waals surface area contributed by atoms with E-state index in [1.165, 1.54) is 24.9 Å². The van der Waals surface area contributed by atoms with E-state index in [1.54, 1.807) is 0 Å². The SMILES string of the molecule is CC(O)N(CCNC=c1c(O)cc(=O)c2[nH]c3c(C(=O)O)ccc(=O)c3nc12)C(C)O. The Hall–Kier alpha value is -3.54. The topological polar surface area (TPSA) is 176 Å². The minimum absolute atomic E-state index is 0.00690. The minimum Gasteiger partial charge on any atom is -0.507 e. The molecule has 0 amide bonds. The number of nitrogens with zero attached hydrogens (tertiary/aromatic N) is 2. The van der Waals surface area contributed by atoms with Crippen molar-refractivity contribution in [2.75, 3.05) is 13.1 Å². The van der Waals surface area contributed by atoms with Crippen LogP contribution in [0.2, 0.25) is 0 Å². The van der Waals surface area contributed by atoms with Crippen LogP contribution in [0.3, 0.4) is 0 Å². The second-order valence-corrected chi connectivity index (χ2v) is 7.01. The fourth-order valence-corrected chi connectivity index (χ4v) is 3.30. The molecule has 164 valence electrons. The summed E-state index contributed by atoms with van der Waals surface area (Å²) in [7, 11) is 0. The van der Waals surface area contributed by atoms with Crippen LogP contribution in [-0.2, 0) is 0 Å². The number of phenolic OH excluding ortho intramolecular Hbond substituents is 1. The van der Waals surface area contributed by atoms with Crippen molar-refractivity contribution in [1.29, 1.82) is 0 Å². The van der Waals surface area contributed by atoms with Gasteiger partial charge in [-0.05, 0) is 26.0 Å². The number of hydrogen-bond donors (Lipinski definition) is 6. The van der Waals surface area contributed by atoms with Gasteiger partial charge in [-0.25, -0.2) is 9.78 Å². The van der Waals surface area contributed by atoms with Gasteiger partial charge in [-0.3, -0.25) is 14.5 Å². The van der Waals surface area contributed by atoms with E-state index in [2.05, 4.69) is 15.3 Å². The second-order valence-electron chi connectivity index (χ2n) is 7.01. The second kappa shape index (κ2) is 8.68. The molecule has 3 aromatic rings. The zero-order chi connectivity index (χ0) is 22.9. The number of aromatic hydroxyl groups is 1. The third kappa shape index (κ3) is 4.33. The summed E-state index contributed by atoms with van der Waals surface area (Å²) in [5.41, 5.74) is -1.72. The van der Waals surface area contributed by atoms with Crippen molar-refractivity contribution in [2.24, 2.45) is 0 Å². The predicted octanol–water partition coefficient (Wildman–Crippen LogP) is -1.13. The Bertz CT molecular complexity index is 1310. The van der Waals surface area contributed by atoms with Crippen molar-refractivity contribution < 1.29 is 25.2 Å². The van der Waals surface area contributed by atoms with Crippen LogP contribution in [0.5, 0.6) is 5.75 Å². The fourth-order valence-electron chi connectivity index (χ4n) is 3.30. The first-order chi connectivity index (χ1) is 14.6. The van der Waals surface area contributed by atoms with Crippen LogP contribution in [0.15, 0.2) is 27.8 Å². The van der Waals surface area contributed by atoms with Crippen molar-refractivity contribution in [3.8, 4) is 5.75 Å². The average Bonchev–Trinajstić information content (AvgIpc) is 2.68. The third-order valence-electron chi connectivity index (χ3n) is 4.85. The molecule has 0 aliphatic heterocycles. The van der Waals surface area contributed by atoms with Crippen LogP contribution in [0.25, 0.3) is 28.3 Å². The summed E-state index contributed by atoms with van der Waals surface area (Å²) in [6.07, 6.45) is -0.368. The summed E-state index contributed by atoms with van der Waals surface area (Å²) in [6.45, 7) is 3.56. The number of rotatable bonds is 7. The number of aliphatic hydroxyl groups excluding tert-OH is 2. The normalized spacial score (nSPS) is 14.3. The van der Waals surface area contributed by atoms with Gasteiger partial charge in [0.1, 0.15) is 34.8 Å². The quantitative estimate of drug-likeness (QED) is 0.153. The smallest absolute Gasteiger partial charge is 0.337 e. The van der Waals surface area contributed by atoms with Crippen molar-refractivity contribution >= 4 is 34.2 Å². The molecular weight excluding hydrogens is 408 g/mol. The highest BCUT2D eigenvalue weighted by Crippen LogP contribution is 2.15. The molecule has 11 heteroatoms. The number of carboxylic acid groups (broad SMARTS) is 1. The van der Waals surface area contributed by atoms with E-state index in [0.29, 0.717) is 0 Å². The molecule has 1 aromatic heterocycles. The van der Waals surface area contributed by atoms with Crippen molar-refractivity contribution in [2.45, 2.75) is 26.3 Å². The van der Waals surface area contributed by atoms with E-state index < -0.39 is 29.3 Å². The number of aromatic amines is 1. The molecule has 0 aliphatic rings. The molecule has 2 aromatic carbocycles. The van der Waals surface area contributed by atoms with Crippen LogP contribution >= 0.6 is 0 Å². The molecule has 0 fully saturated rings. The highest BCUT2D eigenvalue weighted by molar-refractivity contribution is 6.02. The molecule has 0 spiro atoms. The number of phenols is 1. The van der Waals surface area contributed by atoms with E-state index in [-0.39, 0.29) is 51.7 Å². The highest BCUT2D eigenvalue weighted by atomic mass is 16.4. The number of benzene rings is 2. The number of H-pyrrole nitrogens is 1. The molecule has 0 saturated heterocycles. The summed E-state index contributed by atoms with van der Waals surface area (Å²) in [6, 6.07) is 3.16. The summed E-state index contributed by atoms with van der Waals surface area (Å²) in [5.74, 6) is -1.67. The Morgan fingerprint density at radius 2 is 1.84 bits per heavy atom. The molecule has 3 rings (SSSR count). The van der Waals surface area contributed by atoms with Gasteiger partial charge >= 0.3 is 5.97 Å². The standard InChI is InChI=1S/C20H22N4O7/c1-9(25)24(10(2)26)6-5-21-8-12-14(28)7-15(29)19-17(12)23-18-13(27)4-3-11(20(30)31)16(18)22-19/h3-4,7-10,21-22,25-26,28H,5-6H2,1-2H3,(H,30,31). The van der Waals surface area contributed by atoms with E-state index in [0.717, 1.165) is 18.2 Å². The molecule has 0 radical (unpaired) electrons. The number of aromatic carboxylic acids is 1. The number of hydrogen-bond acceptors (Lipinski definition) is 9. The Labute approximate surface area is 174 Å². The summed E-state index contributed by atoms with van der Waals surface area (Å²) < 4.78 is 0. The van der Waals surface area contributed by atoms with Gasteiger partial charge in [0.2, 0.25) is 10.9 Å². The van der Waals surface area contributed by atoms with Crippen LogP contribution < -0.4 is 21.4 Å². The van der Waals surface area contributed by atoms with Gasteiger partial charge in [-0.2, -0.15) is 0 Å². The number of carbonyl (C=O) groups is 1. The lowest BCUT2D eigenvalue weighted by molar-refractivity contribution is -0.0824. The summed E-state index contributed by atoms with van der Waals surface area (Å²) in [5, 5.41) is 42.0. The maximum absolute atomic E-state index is 12.4. The molecule has 2 unspecified atom stereocenters. The molecule has 31 heavy (non-hydrogen) atoms. The van der Waals surface area contributed by atoms with Crippen molar-refractivity contribution in [3.63, 3.8) is 0 Å². The average molecular weight is 430 g/mol. The zero-order valence-corrected chi connectivity index (χ0v) is 16.8. The van der Waals surface area contributed by atoms with Gasteiger partial charge in [-0.15, -0.1) is 0 Å². The van der Waals surface area contributed by atoms with Crippen molar-refractivity contribution in [1.82, 2.24) is 20.2 Å². The Morgan fingerprint density at radius 3 is 2.45 bits per heavy atom. The van der Waals surface area contributed by atoms with Crippen LogP contribution in [0, 0.1) is 0 Å². The number of aromatic nitrogens is 2. The lowest BCUT2D eigenvalue weighted by Gasteiger charge is -2.27. The third-order valence-corrected chi connectivity index (χ3v) is 4.85. The lowest BCUT2D eigenvalue weighted by Crippen LogP contribution is -2.43. The monoisotopic (exact) mass is 430 g/mol. The van der Waals surface area contributed by atoms with Gasteiger partial charge in [0.25, 0.3) is 0 Å². The first kappa shape index (κ1) is 22.2. The van der Waals surface area contributed by atoms with E-state index in [9.17, 15) is 34.8 Å². The Morgan fingerprint density at radius 1 is 1.16 bits per heavy atom. The number of carboxylic acids is 1. The zero-order valence-electron chi connectivity index (χ0n) is 16.8. The van der Waals surface area contributed by atoms with Gasteiger partial charge < -0.3 is 30.7 Å². The van der Waals surface area contributed by atoms with E-state index >= 15 is 0 Å². The summed E-state index contributed by atoms with van der Waals surface area (Å²) in [4.78, 5) is 44.4. The lowest BCUT2D eigenvalue weighted by atomic mass is 10.1. The number of nitrogens with one attached hydrogen (secondary N) is 2. The minimum atomic E-state index is -1.29. The van der Waals surface area contributed by atoms with Crippen LogP contribution in [0.4, 0.5) is 0 Å².